The lowest BCUT2D eigenvalue weighted by Crippen LogP contribution is -2.30. The molecule has 0 aliphatic heterocycles. The van der Waals surface area contributed by atoms with E-state index in [1.54, 1.807) is 0 Å². The fourth-order valence-corrected chi connectivity index (χ4v) is 7.02. The van der Waals surface area contributed by atoms with Gasteiger partial charge in [0.1, 0.15) is 13.2 Å². The van der Waals surface area contributed by atoms with Gasteiger partial charge in [0, 0.05) is 19.3 Å². The Morgan fingerprint density at radius 3 is 1.02 bits per heavy atom. The van der Waals surface area contributed by atoms with Gasteiger partial charge in [-0.15, -0.1) is 0 Å². The maximum absolute atomic E-state index is 12.8. The quantitative estimate of drug-likeness (QED) is 0.0263. The minimum absolute atomic E-state index is 0.0866. The molecule has 0 fully saturated rings. The van der Waals surface area contributed by atoms with Gasteiger partial charge in [-0.2, -0.15) is 0 Å². The van der Waals surface area contributed by atoms with Crippen LogP contribution in [0.1, 0.15) is 252 Å². The second kappa shape index (κ2) is 48.0. The maximum Gasteiger partial charge on any atom is 0.306 e. The van der Waals surface area contributed by atoms with Crippen LogP contribution in [0.2, 0.25) is 0 Å². The van der Waals surface area contributed by atoms with Gasteiger partial charge in [-0.25, -0.2) is 0 Å². The van der Waals surface area contributed by atoms with Crippen LogP contribution in [-0.2, 0) is 28.6 Å². The van der Waals surface area contributed by atoms with Gasteiger partial charge in [0.15, 0.2) is 6.10 Å². The van der Waals surface area contributed by atoms with Gasteiger partial charge < -0.3 is 14.2 Å². The van der Waals surface area contributed by atoms with Crippen LogP contribution in [0, 0.1) is 0 Å². The van der Waals surface area contributed by atoms with E-state index in [4.69, 9.17) is 14.2 Å². The lowest BCUT2D eigenvalue weighted by molar-refractivity contribution is -0.167. The molecule has 342 valence electrons. The summed E-state index contributed by atoms with van der Waals surface area (Å²) < 4.78 is 16.7. The van der Waals surface area contributed by atoms with E-state index in [-0.39, 0.29) is 37.5 Å². The van der Waals surface area contributed by atoms with Crippen LogP contribution in [0.3, 0.4) is 0 Å². The van der Waals surface area contributed by atoms with Crippen molar-refractivity contribution in [1.82, 2.24) is 0 Å². The van der Waals surface area contributed by atoms with Crippen molar-refractivity contribution in [1.29, 1.82) is 0 Å². The number of esters is 3. The molecular formula is C53H94O6. The van der Waals surface area contributed by atoms with Crippen molar-refractivity contribution in [2.24, 2.45) is 0 Å². The molecule has 0 amide bonds. The van der Waals surface area contributed by atoms with E-state index in [0.29, 0.717) is 19.3 Å². The summed E-state index contributed by atoms with van der Waals surface area (Å²) in [5.41, 5.74) is 0. The van der Waals surface area contributed by atoms with E-state index in [1.165, 1.54) is 141 Å². The molecule has 0 heterocycles. The van der Waals surface area contributed by atoms with Crippen LogP contribution in [0.5, 0.6) is 0 Å². The summed E-state index contributed by atoms with van der Waals surface area (Å²) in [5.74, 6) is -0.939. The molecule has 0 aromatic rings. The number of allylic oxidation sites excluding steroid dienone is 8. The summed E-state index contributed by atoms with van der Waals surface area (Å²) >= 11 is 0. The SMILES string of the molecule is CCCCC/C=C\C/C=C\C/C=C\C/C=C\CCCC(=O)OCC(COC(=O)CCCCCCCCCCCCC)OC(=O)CCCCCCCCCCCCCCC. The molecule has 1 unspecified atom stereocenters. The number of hydrogen-bond donors (Lipinski definition) is 0. The first kappa shape index (κ1) is 56.4. The van der Waals surface area contributed by atoms with E-state index in [9.17, 15) is 14.4 Å². The maximum atomic E-state index is 12.8. The molecule has 0 aromatic carbocycles. The molecule has 0 saturated heterocycles. The molecule has 6 nitrogen and oxygen atoms in total. The number of hydrogen-bond acceptors (Lipinski definition) is 6. The molecule has 1 atom stereocenters. The second-order valence-corrected chi connectivity index (χ2v) is 16.7. The van der Waals surface area contributed by atoms with Gasteiger partial charge in [-0.05, 0) is 57.8 Å². The smallest absolute Gasteiger partial charge is 0.306 e. The molecule has 0 aromatic heterocycles. The number of carbonyl (C=O) groups excluding carboxylic acids is 3. The summed E-state index contributed by atoms with van der Waals surface area (Å²) in [7, 11) is 0. The highest BCUT2D eigenvalue weighted by atomic mass is 16.6. The molecule has 0 bridgehead atoms. The minimum atomic E-state index is -0.789. The Bertz CT molecular complexity index is 1040. The van der Waals surface area contributed by atoms with Gasteiger partial charge in [0.2, 0.25) is 0 Å². The first-order valence-electron chi connectivity index (χ1n) is 25.1. The average molecular weight is 827 g/mol. The van der Waals surface area contributed by atoms with E-state index >= 15 is 0 Å². The number of unbranched alkanes of at least 4 members (excludes halogenated alkanes) is 26. The molecule has 0 radical (unpaired) electrons. The summed E-state index contributed by atoms with van der Waals surface area (Å²) in [4.78, 5) is 37.8. The molecule has 6 heteroatoms. The predicted octanol–water partition coefficient (Wildman–Crippen LogP) is 16.3. The third-order valence-electron chi connectivity index (χ3n) is 10.8. The largest absolute Gasteiger partial charge is 0.462 e. The summed E-state index contributed by atoms with van der Waals surface area (Å²) in [5, 5.41) is 0. The van der Waals surface area contributed by atoms with Gasteiger partial charge >= 0.3 is 17.9 Å². The first-order valence-corrected chi connectivity index (χ1v) is 25.1. The van der Waals surface area contributed by atoms with Crippen molar-refractivity contribution in [3.05, 3.63) is 48.6 Å². The monoisotopic (exact) mass is 827 g/mol. The van der Waals surface area contributed by atoms with E-state index in [2.05, 4.69) is 69.4 Å². The van der Waals surface area contributed by atoms with Gasteiger partial charge in [-0.1, -0.05) is 223 Å². The van der Waals surface area contributed by atoms with Crippen molar-refractivity contribution in [2.45, 2.75) is 258 Å². The first-order chi connectivity index (χ1) is 29.0. The van der Waals surface area contributed by atoms with Crippen LogP contribution >= 0.6 is 0 Å². The van der Waals surface area contributed by atoms with Crippen LogP contribution in [0.25, 0.3) is 0 Å². The van der Waals surface area contributed by atoms with Crippen molar-refractivity contribution >= 4 is 17.9 Å². The highest BCUT2D eigenvalue weighted by Gasteiger charge is 2.19. The van der Waals surface area contributed by atoms with Crippen molar-refractivity contribution in [3.63, 3.8) is 0 Å². The lowest BCUT2D eigenvalue weighted by Gasteiger charge is -2.18. The summed E-state index contributed by atoms with van der Waals surface area (Å²) in [6.45, 7) is 6.56. The van der Waals surface area contributed by atoms with Crippen LogP contribution in [0.15, 0.2) is 48.6 Å². The molecule has 0 saturated carbocycles. The third-order valence-corrected chi connectivity index (χ3v) is 10.8. The predicted molar refractivity (Wildman–Crippen MR) is 252 cm³/mol. The Labute approximate surface area is 365 Å². The molecule has 0 spiro atoms. The lowest BCUT2D eigenvalue weighted by atomic mass is 10.0. The highest BCUT2D eigenvalue weighted by Crippen LogP contribution is 2.15. The molecule has 0 N–H and O–H groups in total. The summed E-state index contributed by atoms with van der Waals surface area (Å²) in [6.07, 6.45) is 56.6. The van der Waals surface area contributed by atoms with Crippen LogP contribution in [0.4, 0.5) is 0 Å². The molecule has 0 aliphatic carbocycles. The highest BCUT2D eigenvalue weighted by molar-refractivity contribution is 5.71. The molecule has 59 heavy (non-hydrogen) atoms. The number of carbonyl (C=O) groups is 3. The van der Waals surface area contributed by atoms with Crippen molar-refractivity contribution < 1.29 is 28.6 Å². The zero-order valence-corrected chi connectivity index (χ0v) is 39.0. The Morgan fingerprint density at radius 1 is 0.339 bits per heavy atom. The standard InChI is InChI=1S/C53H94O6/c1-4-7-10-13-16-19-22-24-25-26-27-29-31-34-37-40-43-46-52(55)58-49-50(48-57-51(54)45-42-39-36-33-30-21-18-15-12-9-6-3)59-53(56)47-44-41-38-35-32-28-23-20-17-14-11-8-5-2/h16,19,24-25,27,29,34,37,50H,4-15,17-18,20-23,26,28,30-33,35-36,38-49H2,1-3H3/b19-16-,25-24-,29-27-,37-34-. The van der Waals surface area contributed by atoms with E-state index in [0.717, 1.165) is 64.2 Å². The second-order valence-electron chi connectivity index (χ2n) is 16.7. The zero-order valence-electron chi connectivity index (χ0n) is 39.0. The molecule has 0 rings (SSSR count). The summed E-state index contributed by atoms with van der Waals surface area (Å²) in [6, 6.07) is 0. The molecule has 0 aliphatic rings. The van der Waals surface area contributed by atoms with Gasteiger partial charge in [-0.3, -0.25) is 14.4 Å². The number of rotatable bonds is 45. The Balaban J connectivity index is 4.43. The fraction of sp³-hybridized carbons (Fsp3) is 0.792. The van der Waals surface area contributed by atoms with Crippen molar-refractivity contribution in [2.75, 3.05) is 13.2 Å². The van der Waals surface area contributed by atoms with E-state index in [1.807, 2.05) is 0 Å². The third kappa shape index (κ3) is 46.3. The van der Waals surface area contributed by atoms with E-state index < -0.39 is 6.10 Å². The average Bonchev–Trinajstić information content (AvgIpc) is 3.23. The Morgan fingerprint density at radius 2 is 0.627 bits per heavy atom. The molecular weight excluding hydrogens is 733 g/mol. The van der Waals surface area contributed by atoms with Crippen LogP contribution in [-0.4, -0.2) is 37.2 Å². The number of ether oxygens (including phenoxy) is 3. The Kier molecular flexibility index (Phi) is 45.9. The fourth-order valence-electron chi connectivity index (χ4n) is 7.02. The van der Waals surface area contributed by atoms with Gasteiger partial charge in [0.25, 0.3) is 0 Å². The van der Waals surface area contributed by atoms with Gasteiger partial charge in [0.05, 0.1) is 0 Å². The Hall–Kier alpha value is -2.63. The van der Waals surface area contributed by atoms with Crippen LogP contribution < -0.4 is 0 Å². The topological polar surface area (TPSA) is 78.9 Å². The minimum Gasteiger partial charge on any atom is -0.462 e. The van der Waals surface area contributed by atoms with Crippen molar-refractivity contribution in [3.8, 4) is 0 Å². The zero-order chi connectivity index (χ0) is 43.0. The normalized spacial score (nSPS) is 12.4.